The van der Waals surface area contributed by atoms with Gasteiger partial charge >= 0.3 is 0 Å². The first-order valence-corrected chi connectivity index (χ1v) is 7.14. The van der Waals surface area contributed by atoms with E-state index in [1.807, 2.05) is 31.4 Å². The Morgan fingerprint density at radius 1 is 1.35 bits per heavy atom. The van der Waals surface area contributed by atoms with Crippen LogP contribution in [-0.4, -0.2) is 32.4 Å². The van der Waals surface area contributed by atoms with E-state index in [2.05, 4.69) is 36.5 Å². The van der Waals surface area contributed by atoms with E-state index < -0.39 is 0 Å². The van der Waals surface area contributed by atoms with Gasteiger partial charge in [-0.05, 0) is 36.7 Å². The van der Waals surface area contributed by atoms with E-state index in [-0.39, 0.29) is 18.0 Å². The molecule has 0 fully saturated rings. The number of fused-ring (bicyclic) bond motifs is 1. The first kappa shape index (κ1) is 14.9. The summed E-state index contributed by atoms with van der Waals surface area (Å²) in [5.74, 6) is -0.0193. The third-order valence-electron chi connectivity index (χ3n) is 2.55. The van der Waals surface area contributed by atoms with Crippen molar-refractivity contribution in [2.24, 2.45) is 0 Å². The lowest BCUT2D eigenvalue weighted by Crippen LogP contribution is -2.44. The quantitative estimate of drug-likeness (QED) is 0.885. The van der Waals surface area contributed by atoms with Crippen LogP contribution in [0, 0.1) is 0 Å². The van der Waals surface area contributed by atoms with Crippen molar-refractivity contribution >= 4 is 27.5 Å². The number of halogens is 1. The van der Waals surface area contributed by atoms with Gasteiger partial charge in [-0.15, -0.1) is 0 Å². The summed E-state index contributed by atoms with van der Waals surface area (Å²) in [5.41, 5.74) is 1.55. The van der Waals surface area contributed by atoms with Crippen LogP contribution in [0.2, 0.25) is 0 Å². The highest BCUT2D eigenvalue weighted by molar-refractivity contribution is 9.10. The number of aromatic nitrogens is 3. The first-order chi connectivity index (χ1) is 9.35. The van der Waals surface area contributed by atoms with Crippen LogP contribution in [0.1, 0.15) is 26.5 Å². The molecule has 0 aliphatic carbocycles. The van der Waals surface area contributed by atoms with Crippen molar-refractivity contribution in [3.05, 3.63) is 28.9 Å². The van der Waals surface area contributed by atoms with Crippen LogP contribution in [0.25, 0.3) is 5.65 Å². The van der Waals surface area contributed by atoms with E-state index in [4.69, 9.17) is 0 Å². The van der Waals surface area contributed by atoms with Gasteiger partial charge in [0.1, 0.15) is 4.60 Å². The Morgan fingerprint density at radius 2 is 2.10 bits per heavy atom. The zero-order valence-electron chi connectivity index (χ0n) is 11.8. The molecule has 0 aliphatic rings. The maximum absolute atomic E-state index is 11.7. The van der Waals surface area contributed by atoms with E-state index in [1.165, 1.54) is 0 Å². The number of carbonyl (C=O) groups is 1. The molecule has 0 spiro atoms. The van der Waals surface area contributed by atoms with Gasteiger partial charge in [0.25, 0.3) is 0 Å². The first-order valence-electron chi connectivity index (χ1n) is 6.34. The number of nitrogens with one attached hydrogen (secondary N) is 2. The number of hydrogen-bond donors (Lipinski definition) is 2. The highest BCUT2D eigenvalue weighted by Gasteiger charge is 2.13. The molecule has 20 heavy (non-hydrogen) atoms. The zero-order valence-corrected chi connectivity index (χ0v) is 13.4. The Kier molecular flexibility index (Phi) is 4.39. The topological polar surface area (TPSA) is 71.3 Å². The normalized spacial score (nSPS) is 11.8. The highest BCUT2D eigenvalue weighted by Crippen LogP contribution is 2.10. The molecule has 7 heteroatoms. The predicted molar refractivity (Wildman–Crippen MR) is 80.3 cm³/mol. The summed E-state index contributed by atoms with van der Waals surface area (Å²) < 4.78 is 2.68. The molecule has 2 aromatic rings. The monoisotopic (exact) mass is 339 g/mol. The molecule has 0 saturated heterocycles. The minimum Gasteiger partial charge on any atom is -0.350 e. The van der Waals surface area contributed by atoms with E-state index in [0.717, 1.165) is 15.9 Å². The summed E-state index contributed by atoms with van der Waals surface area (Å²) in [5, 5.41) is 6.02. The molecule has 2 rings (SSSR count). The summed E-state index contributed by atoms with van der Waals surface area (Å²) in [6, 6.07) is 0. The predicted octanol–water partition coefficient (Wildman–Crippen LogP) is 1.50. The largest absolute Gasteiger partial charge is 0.350 e. The van der Waals surface area contributed by atoms with Crippen LogP contribution in [-0.2, 0) is 11.3 Å². The Balaban J connectivity index is 1.93. The molecule has 0 bridgehead atoms. The molecule has 0 radical (unpaired) electrons. The second kappa shape index (κ2) is 5.88. The van der Waals surface area contributed by atoms with Crippen molar-refractivity contribution in [1.82, 2.24) is 25.0 Å². The molecule has 0 unspecified atom stereocenters. The fraction of sp³-hybridized carbons (Fsp3) is 0.462. The van der Waals surface area contributed by atoms with Crippen LogP contribution >= 0.6 is 15.9 Å². The number of nitrogens with zero attached hydrogens (tertiary/aromatic N) is 3. The van der Waals surface area contributed by atoms with E-state index in [9.17, 15) is 4.79 Å². The Hall–Kier alpha value is -1.47. The molecule has 6 nitrogen and oxygen atoms in total. The van der Waals surface area contributed by atoms with Crippen LogP contribution in [0.4, 0.5) is 0 Å². The van der Waals surface area contributed by atoms with Crippen LogP contribution < -0.4 is 10.6 Å². The van der Waals surface area contributed by atoms with Gasteiger partial charge in [0.05, 0.1) is 24.6 Å². The lowest BCUT2D eigenvalue weighted by atomic mass is 10.1. The summed E-state index contributed by atoms with van der Waals surface area (Å²) in [7, 11) is 0. The molecule has 0 aliphatic heterocycles. The summed E-state index contributed by atoms with van der Waals surface area (Å²) in [6.07, 6.45) is 5.33. The zero-order chi connectivity index (χ0) is 14.8. The van der Waals surface area contributed by atoms with E-state index in [1.54, 1.807) is 12.4 Å². The average molecular weight is 340 g/mol. The molecule has 2 N–H and O–H groups in total. The van der Waals surface area contributed by atoms with Gasteiger partial charge in [-0.3, -0.25) is 9.20 Å². The van der Waals surface area contributed by atoms with Crippen LogP contribution in [0.5, 0.6) is 0 Å². The van der Waals surface area contributed by atoms with Gasteiger partial charge in [-0.2, -0.15) is 0 Å². The molecule has 0 saturated carbocycles. The standard InChI is InChI=1S/C13H18BrN5O/c1-13(2,3)18-12(20)7-15-4-9-5-17-11-6-16-10(14)8-19(9)11/h5-6,8,15H,4,7H2,1-3H3,(H,18,20). The molecule has 0 atom stereocenters. The minimum absolute atomic E-state index is 0.0193. The van der Waals surface area contributed by atoms with Crippen molar-refractivity contribution in [2.45, 2.75) is 32.9 Å². The lowest BCUT2D eigenvalue weighted by molar-refractivity contribution is -0.121. The average Bonchev–Trinajstić information content (AvgIpc) is 2.69. The van der Waals surface area contributed by atoms with Crippen molar-refractivity contribution in [1.29, 1.82) is 0 Å². The number of carbonyl (C=O) groups excluding carboxylic acids is 1. The fourth-order valence-corrected chi connectivity index (χ4v) is 2.12. The molecule has 0 aromatic carbocycles. The third kappa shape index (κ3) is 4.01. The van der Waals surface area contributed by atoms with Gasteiger partial charge in [0.15, 0.2) is 5.65 Å². The SMILES string of the molecule is CC(C)(C)NC(=O)CNCc1cnc2cnc(Br)cn12. The Morgan fingerprint density at radius 3 is 2.80 bits per heavy atom. The fourth-order valence-electron chi connectivity index (χ4n) is 1.81. The van der Waals surface area contributed by atoms with Gasteiger partial charge in [0, 0.05) is 18.3 Å². The third-order valence-corrected chi connectivity index (χ3v) is 2.96. The number of imidazole rings is 1. The number of amides is 1. The Bertz CT molecular complexity index is 617. The van der Waals surface area contributed by atoms with Crippen molar-refractivity contribution in [2.75, 3.05) is 6.54 Å². The molecule has 108 valence electrons. The van der Waals surface area contributed by atoms with Crippen LogP contribution in [0.3, 0.4) is 0 Å². The smallest absolute Gasteiger partial charge is 0.234 e. The maximum Gasteiger partial charge on any atom is 0.234 e. The summed E-state index contributed by atoms with van der Waals surface area (Å²) in [4.78, 5) is 20.1. The molecule has 1 amide bonds. The summed E-state index contributed by atoms with van der Waals surface area (Å²) in [6.45, 7) is 6.71. The van der Waals surface area contributed by atoms with E-state index >= 15 is 0 Å². The molecular formula is C13H18BrN5O. The van der Waals surface area contributed by atoms with E-state index in [0.29, 0.717) is 6.54 Å². The molecule has 2 heterocycles. The van der Waals surface area contributed by atoms with Crippen LogP contribution in [0.15, 0.2) is 23.2 Å². The number of rotatable bonds is 4. The number of hydrogen-bond acceptors (Lipinski definition) is 4. The second-order valence-electron chi connectivity index (χ2n) is 5.59. The molecule has 2 aromatic heterocycles. The Labute approximate surface area is 126 Å². The summed E-state index contributed by atoms with van der Waals surface area (Å²) >= 11 is 3.33. The molecular weight excluding hydrogens is 322 g/mol. The minimum atomic E-state index is -0.210. The lowest BCUT2D eigenvalue weighted by Gasteiger charge is -2.20. The van der Waals surface area contributed by atoms with Gasteiger partial charge in [-0.25, -0.2) is 9.97 Å². The second-order valence-corrected chi connectivity index (χ2v) is 6.40. The van der Waals surface area contributed by atoms with Gasteiger partial charge in [0.2, 0.25) is 5.91 Å². The van der Waals surface area contributed by atoms with Crippen molar-refractivity contribution in [3.63, 3.8) is 0 Å². The van der Waals surface area contributed by atoms with Crippen molar-refractivity contribution in [3.8, 4) is 0 Å². The van der Waals surface area contributed by atoms with Gasteiger partial charge < -0.3 is 10.6 Å². The van der Waals surface area contributed by atoms with Crippen molar-refractivity contribution < 1.29 is 4.79 Å². The highest BCUT2D eigenvalue weighted by atomic mass is 79.9. The maximum atomic E-state index is 11.7. The van der Waals surface area contributed by atoms with Gasteiger partial charge in [-0.1, -0.05) is 0 Å².